The molecule has 0 bridgehead atoms. The van der Waals surface area contributed by atoms with Gasteiger partial charge in [-0.2, -0.15) is 0 Å². The summed E-state index contributed by atoms with van der Waals surface area (Å²) in [4.78, 5) is 10.9. The smallest absolute Gasteiger partial charge is 0.269 e. The van der Waals surface area contributed by atoms with Gasteiger partial charge in [-0.3, -0.25) is 10.1 Å². The van der Waals surface area contributed by atoms with Crippen molar-refractivity contribution in [3.8, 4) is 17.2 Å². The molecule has 0 saturated heterocycles. The minimum Gasteiger partial charge on any atom is -0.496 e. The largest absolute Gasteiger partial charge is 0.496 e. The van der Waals surface area contributed by atoms with Crippen LogP contribution in [0.25, 0.3) is 0 Å². The summed E-state index contributed by atoms with van der Waals surface area (Å²) in [7, 11) is 4.73. The van der Waals surface area contributed by atoms with Gasteiger partial charge in [0.05, 0.1) is 26.3 Å². The Balaban J connectivity index is 2.30. The average Bonchev–Trinajstić information content (AvgIpc) is 2.74. The van der Waals surface area contributed by atoms with E-state index in [1.165, 1.54) is 6.07 Å². The lowest BCUT2D eigenvalue weighted by atomic mass is 9.84. The second kappa shape index (κ2) is 8.43. The summed E-state index contributed by atoms with van der Waals surface area (Å²) in [5, 5.41) is 11.3. The summed E-state index contributed by atoms with van der Waals surface area (Å²) >= 11 is 0. The number of hydrogen-bond donors (Lipinski definition) is 0. The van der Waals surface area contributed by atoms with Gasteiger partial charge in [0.15, 0.2) is 0 Å². The number of nitro benzene ring substituents is 1. The van der Waals surface area contributed by atoms with Gasteiger partial charge in [0, 0.05) is 35.7 Å². The number of nitrogens with zero attached hydrogens (tertiary/aromatic N) is 1. The van der Waals surface area contributed by atoms with E-state index in [4.69, 9.17) is 14.2 Å². The Morgan fingerprint density at radius 1 is 0.786 bits per heavy atom. The predicted molar refractivity (Wildman–Crippen MR) is 107 cm³/mol. The standard InChI is InChI=1S/C22H21NO5/c1-26-18-13-19(27-2)22(20(14-18)28-3)21(15-8-5-4-6-9-15)16-10-7-11-17(12-16)23(24)25/h4-14,21H,1-3H3. The normalized spacial score (nSPS) is 11.5. The van der Waals surface area contributed by atoms with Crippen LogP contribution < -0.4 is 14.2 Å². The van der Waals surface area contributed by atoms with Gasteiger partial charge >= 0.3 is 0 Å². The lowest BCUT2D eigenvalue weighted by molar-refractivity contribution is -0.384. The second-order valence-corrected chi connectivity index (χ2v) is 6.14. The van der Waals surface area contributed by atoms with Crippen molar-refractivity contribution in [2.75, 3.05) is 21.3 Å². The second-order valence-electron chi connectivity index (χ2n) is 6.14. The highest BCUT2D eigenvalue weighted by Crippen LogP contribution is 2.45. The monoisotopic (exact) mass is 379 g/mol. The van der Waals surface area contributed by atoms with Crippen LogP contribution in [0.3, 0.4) is 0 Å². The van der Waals surface area contributed by atoms with Crippen LogP contribution in [-0.2, 0) is 0 Å². The molecule has 0 saturated carbocycles. The molecule has 0 N–H and O–H groups in total. The van der Waals surface area contributed by atoms with Crippen molar-refractivity contribution in [2.45, 2.75) is 5.92 Å². The SMILES string of the molecule is COc1cc(OC)c(C(c2ccccc2)c2cccc([N+](=O)[O-])c2)c(OC)c1. The molecule has 0 spiro atoms. The molecule has 3 aromatic rings. The van der Waals surface area contributed by atoms with E-state index in [1.807, 2.05) is 36.4 Å². The maximum absolute atomic E-state index is 11.3. The zero-order chi connectivity index (χ0) is 20.1. The van der Waals surface area contributed by atoms with Crippen LogP contribution in [0.15, 0.2) is 66.7 Å². The number of hydrogen-bond acceptors (Lipinski definition) is 5. The molecule has 6 heteroatoms. The molecule has 1 unspecified atom stereocenters. The Kier molecular flexibility index (Phi) is 5.79. The number of nitro groups is 1. The van der Waals surface area contributed by atoms with E-state index < -0.39 is 4.92 Å². The van der Waals surface area contributed by atoms with Gasteiger partial charge < -0.3 is 14.2 Å². The Hall–Kier alpha value is -3.54. The van der Waals surface area contributed by atoms with E-state index in [2.05, 4.69) is 0 Å². The lowest BCUT2D eigenvalue weighted by Gasteiger charge is -2.24. The minimum atomic E-state index is -0.395. The maximum atomic E-state index is 11.3. The maximum Gasteiger partial charge on any atom is 0.269 e. The van der Waals surface area contributed by atoms with E-state index >= 15 is 0 Å². The van der Waals surface area contributed by atoms with E-state index in [-0.39, 0.29) is 11.6 Å². The predicted octanol–water partition coefficient (Wildman–Crippen LogP) is 4.80. The summed E-state index contributed by atoms with van der Waals surface area (Å²) in [6.45, 7) is 0. The van der Waals surface area contributed by atoms with Crippen molar-refractivity contribution in [3.05, 3.63) is 93.5 Å². The van der Waals surface area contributed by atoms with Crippen LogP contribution in [0.2, 0.25) is 0 Å². The highest BCUT2D eigenvalue weighted by atomic mass is 16.6. The molecule has 0 radical (unpaired) electrons. The first kappa shape index (κ1) is 19.2. The third-order valence-corrected chi connectivity index (χ3v) is 4.59. The Labute approximate surface area is 163 Å². The first-order valence-corrected chi connectivity index (χ1v) is 8.68. The van der Waals surface area contributed by atoms with Gasteiger partial charge in [0.1, 0.15) is 17.2 Å². The fraction of sp³-hybridized carbons (Fsp3) is 0.182. The van der Waals surface area contributed by atoms with Gasteiger partial charge in [0.25, 0.3) is 5.69 Å². The van der Waals surface area contributed by atoms with Gasteiger partial charge in [-0.1, -0.05) is 42.5 Å². The van der Waals surface area contributed by atoms with Gasteiger partial charge in [-0.15, -0.1) is 0 Å². The molecule has 0 aliphatic carbocycles. The molecule has 3 rings (SSSR count). The summed E-state index contributed by atoms with van der Waals surface area (Å²) < 4.78 is 16.6. The van der Waals surface area contributed by atoms with Crippen LogP contribution in [-0.4, -0.2) is 26.3 Å². The Morgan fingerprint density at radius 2 is 1.39 bits per heavy atom. The summed E-state index contributed by atoms with van der Waals surface area (Å²) in [6.07, 6.45) is 0. The van der Waals surface area contributed by atoms with Crippen molar-refractivity contribution < 1.29 is 19.1 Å². The van der Waals surface area contributed by atoms with E-state index in [1.54, 1.807) is 45.6 Å². The van der Waals surface area contributed by atoms with Gasteiger partial charge in [0.2, 0.25) is 0 Å². The molecule has 0 aromatic heterocycles. The fourth-order valence-electron chi connectivity index (χ4n) is 3.31. The van der Waals surface area contributed by atoms with Crippen molar-refractivity contribution in [3.63, 3.8) is 0 Å². The van der Waals surface area contributed by atoms with Gasteiger partial charge in [-0.25, -0.2) is 0 Å². The molecule has 28 heavy (non-hydrogen) atoms. The Morgan fingerprint density at radius 3 is 1.93 bits per heavy atom. The van der Waals surface area contributed by atoms with Crippen LogP contribution >= 0.6 is 0 Å². The number of methoxy groups -OCH3 is 3. The van der Waals surface area contributed by atoms with Crippen molar-refractivity contribution in [1.29, 1.82) is 0 Å². The van der Waals surface area contributed by atoms with Crippen LogP contribution in [0.5, 0.6) is 17.2 Å². The first-order valence-electron chi connectivity index (χ1n) is 8.68. The molecular weight excluding hydrogens is 358 g/mol. The van der Waals surface area contributed by atoms with Crippen LogP contribution in [0.4, 0.5) is 5.69 Å². The summed E-state index contributed by atoms with van der Waals surface area (Å²) in [5.41, 5.74) is 2.54. The highest BCUT2D eigenvalue weighted by Gasteiger charge is 2.27. The third-order valence-electron chi connectivity index (χ3n) is 4.59. The lowest BCUT2D eigenvalue weighted by Crippen LogP contribution is -2.08. The molecule has 1 atom stereocenters. The van der Waals surface area contributed by atoms with Crippen LogP contribution in [0, 0.1) is 10.1 Å². The van der Waals surface area contributed by atoms with E-state index in [0.717, 1.165) is 16.7 Å². The third kappa shape index (κ3) is 3.76. The van der Waals surface area contributed by atoms with Crippen molar-refractivity contribution in [1.82, 2.24) is 0 Å². The number of rotatable bonds is 7. The quantitative estimate of drug-likeness (QED) is 0.335. The topological polar surface area (TPSA) is 70.8 Å². The molecule has 0 aliphatic rings. The molecule has 0 heterocycles. The molecule has 0 amide bonds. The molecule has 6 nitrogen and oxygen atoms in total. The molecular formula is C22H21NO5. The highest BCUT2D eigenvalue weighted by molar-refractivity contribution is 5.59. The Bertz CT molecular complexity index is 947. The summed E-state index contributed by atoms with van der Waals surface area (Å²) in [6, 6.07) is 19.9. The van der Waals surface area contributed by atoms with Crippen molar-refractivity contribution >= 4 is 5.69 Å². The molecule has 0 aliphatic heterocycles. The van der Waals surface area contributed by atoms with Crippen molar-refractivity contribution in [2.24, 2.45) is 0 Å². The average molecular weight is 379 g/mol. The van der Waals surface area contributed by atoms with Crippen LogP contribution in [0.1, 0.15) is 22.6 Å². The van der Waals surface area contributed by atoms with E-state index in [0.29, 0.717) is 17.2 Å². The fourth-order valence-corrected chi connectivity index (χ4v) is 3.31. The number of benzene rings is 3. The minimum absolute atomic E-state index is 0.0323. The molecule has 144 valence electrons. The zero-order valence-corrected chi connectivity index (χ0v) is 15.9. The summed E-state index contributed by atoms with van der Waals surface area (Å²) in [5.74, 6) is 1.44. The number of non-ortho nitro benzene ring substituents is 1. The first-order chi connectivity index (χ1) is 13.6. The van der Waals surface area contributed by atoms with Gasteiger partial charge in [-0.05, 0) is 11.1 Å². The number of ether oxygens (including phenoxy) is 3. The van der Waals surface area contributed by atoms with E-state index in [9.17, 15) is 10.1 Å². The molecule has 0 fully saturated rings. The zero-order valence-electron chi connectivity index (χ0n) is 15.9. The molecule has 3 aromatic carbocycles.